The topological polar surface area (TPSA) is 46.2 Å². The molecule has 0 saturated carbocycles. The van der Waals surface area contributed by atoms with E-state index in [4.69, 9.17) is 10.8 Å². The van der Waals surface area contributed by atoms with Crippen molar-refractivity contribution in [2.75, 3.05) is 0 Å². The first-order valence-electron chi connectivity index (χ1n) is 1.96. The van der Waals surface area contributed by atoms with Crippen LogP contribution in [0, 0.1) is 6.61 Å². The van der Waals surface area contributed by atoms with Crippen molar-refractivity contribution in [3.8, 4) is 0 Å². The van der Waals surface area contributed by atoms with Crippen LogP contribution >= 0.6 is 0 Å². The Labute approximate surface area is 38.0 Å². The first-order chi connectivity index (χ1) is 2.81. The molecule has 0 rings (SSSR count). The third kappa shape index (κ3) is 2.18. The molecule has 0 aromatic rings. The molecular formula is C4H9NO. The normalized spacial score (nSPS) is 14.5. The van der Waals surface area contributed by atoms with Crippen LogP contribution in [0.25, 0.3) is 0 Å². The second kappa shape index (κ2) is 3.12. The molecule has 36 valence electrons. The maximum absolute atomic E-state index is 7.96. The zero-order valence-electron chi connectivity index (χ0n) is 3.81. The molecule has 0 amide bonds. The molecule has 1 atom stereocenters. The third-order valence-electron chi connectivity index (χ3n) is 0.606. The molecule has 0 fully saturated rings. The Bertz CT molecular complexity index is 26.7. The molecule has 0 saturated heterocycles. The summed E-state index contributed by atoms with van der Waals surface area (Å²) in [4.78, 5) is 0. The van der Waals surface area contributed by atoms with E-state index < -0.39 is 0 Å². The average Bonchev–Trinajstić information content (AvgIpc) is 1.65. The molecule has 0 bridgehead atoms. The smallest absolute Gasteiger partial charge is 0.146 e. The highest BCUT2D eigenvalue weighted by atomic mass is 16.3. The number of aliphatic hydroxyl groups is 1. The quantitative estimate of drug-likeness (QED) is 0.503. The molecule has 2 radical (unpaired) electrons. The van der Waals surface area contributed by atoms with Crippen molar-refractivity contribution in [2.45, 2.75) is 19.4 Å². The summed E-state index contributed by atoms with van der Waals surface area (Å²) in [6, 6.07) is -0.259. The number of aliphatic hydroxyl groups excluding tert-OH is 1. The van der Waals surface area contributed by atoms with Crippen molar-refractivity contribution >= 4 is 0 Å². The summed E-state index contributed by atoms with van der Waals surface area (Å²) in [6.07, 6.45) is 0.747. The third-order valence-corrected chi connectivity index (χ3v) is 0.606. The summed E-state index contributed by atoms with van der Waals surface area (Å²) in [6.45, 7) is 3.78. The molecular weight excluding hydrogens is 78.0 g/mol. The fourth-order valence-electron chi connectivity index (χ4n) is 0.0913. The predicted octanol–water partition coefficient (Wildman–Crippen LogP) is 0.135. The van der Waals surface area contributed by atoms with Gasteiger partial charge in [-0.2, -0.15) is 0 Å². The Morgan fingerprint density at radius 3 is 2.50 bits per heavy atom. The van der Waals surface area contributed by atoms with Gasteiger partial charge in [0.05, 0.1) is 0 Å². The summed E-state index contributed by atoms with van der Waals surface area (Å²) in [7, 11) is 0. The van der Waals surface area contributed by atoms with Gasteiger partial charge in [-0.1, -0.05) is 6.92 Å². The van der Waals surface area contributed by atoms with Crippen LogP contribution in [0.4, 0.5) is 0 Å². The van der Waals surface area contributed by atoms with E-state index in [1.165, 1.54) is 0 Å². The van der Waals surface area contributed by atoms with Crippen molar-refractivity contribution in [3.63, 3.8) is 0 Å². The summed E-state index contributed by atoms with van der Waals surface area (Å²) in [5.74, 6) is 0. The number of hydrogen-bond acceptors (Lipinski definition) is 2. The second-order valence-electron chi connectivity index (χ2n) is 1.14. The van der Waals surface area contributed by atoms with Crippen LogP contribution in [-0.4, -0.2) is 11.1 Å². The average molecular weight is 87.1 g/mol. The van der Waals surface area contributed by atoms with Crippen molar-refractivity contribution in [1.82, 2.24) is 0 Å². The highest BCUT2D eigenvalue weighted by Crippen LogP contribution is 1.84. The first kappa shape index (κ1) is 5.92. The lowest BCUT2D eigenvalue weighted by Crippen LogP contribution is -2.18. The Morgan fingerprint density at radius 2 is 2.50 bits per heavy atom. The van der Waals surface area contributed by atoms with Crippen LogP contribution in [-0.2, 0) is 0 Å². The van der Waals surface area contributed by atoms with Gasteiger partial charge in [0.1, 0.15) is 6.61 Å². The molecule has 0 aromatic heterocycles. The van der Waals surface area contributed by atoms with Crippen molar-refractivity contribution < 1.29 is 5.11 Å². The Morgan fingerprint density at radius 1 is 2.00 bits per heavy atom. The number of hydrogen-bond donors (Lipinski definition) is 2. The van der Waals surface area contributed by atoms with Crippen molar-refractivity contribution in [3.05, 3.63) is 6.61 Å². The fraction of sp³-hybridized carbons (Fsp3) is 0.750. The van der Waals surface area contributed by atoms with E-state index in [1.54, 1.807) is 0 Å². The van der Waals surface area contributed by atoms with Gasteiger partial charge >= 0.3 is 0 Å². The molecule has 1 unspecified atom stereocenters. The maximum Gasteiger partial charge on any atom is 0.146 e. The predicted molar refractivity (Wildman–Crippen MR) is 23.4 cm³/mol. The Kier molecular flexibility index (Phi) is 3.08. The van der Waals surface area contributed by atoms with Crippen LogP contribution in [0.2, 0.25) is 0 Å². The molecule has 0 aliphatic rings. The van der Waals surface area contributed by atoms with Crippen LogP contribution in [0.15, 0.2) is 0 Å². The lowest BCUT2D eigenvalue weighted by atomic mass is 10.3. The van der Waals surface area contributed by atoms with Gasteiger partial charge in [0, 0.05) is 6.04 Å². The summed E-state index contributed by atoms with van der Waals surface area (Å²) >= 11 is 0. The van der Waals surface area contributed by atoms with Gasteiger partial charge in [-0.05, 0) is 6.42 Å². The van der Waals surface area contributed by atoms with Crippen LogP contribution in [0.3, 0.4) is 0 Å². The number of nitrogens with two attached hydrogens (primary N) is 1. The van der Waals surface area contributed by atoms with Gasteiger partial charge < -0.3 is 10.8 Å². The molecule has 2 heteroatoms. The Hall–Kier alpha value is -0.0800. The monoisotopic (exact) mass is 87.1 g/mol. The van der Waals surface area contributed by atoms with Gasteiger partial charge in [0.15, 0.2) is 0 Å². The van der Waals surface area contributed by atoms with Crippen LogP contribution in [0.1, 0.15) is 13.3 Å². The van der Waals surface area contributed by atoms with E-state index in [9.17, 15) is 0 Å². The largest absolute Gasteiger partial charge is 0.382 e. The van der Waals surface area contributed by atoms with E-state index >= 15 is 0 Å². The van der Waals surface area contributed by atoms with E-state index in [2.05, 4.69) is 0 Å². The maximum atomic E-state index is 7.96. The minimum Gasteiger partial charge on any atom is -0.382 e. The molecule has 0 aromatic carbocycles. The minimum absolute atomic E-state index is 0.259. The highest BCUT2D eigenvalue weighted by molar-refractivity contribution is 4.64. The molecule has 0 aliphatic carbocycles. The SMILES string of the molecule is CCC(N)[C]O. The van der Waals surface area contributed by atoms with E-state index in [0.29, 0.717) is 0 Å². The second-order valence-corrected chi connectivity index (χ2v) is 1.14. The van der Waals surface area contributed by atoms with Gasteiger partial charge in [-0.3, -0.25) is 0 Å². The lowest BCUT2D eigenvalue weighted by molar-refractivity contribution is 0.349. The summed E-state index contributed by atoms with van der Waals surface area (Å²) in [5.41, 5.74) is 5.11. The van der Waals surface area contributed by atoms with E-state index in [0.717, 1.165) is 6.42 Å². The van der Waals surface area contributed by atoms with Gasteiger partial charge in [0.2, 0.25) is 0 Å². The molecule has 3 N–H and O–H groups in total. The zero-order chi connectivity index (χ0) is 4.99. The minimum atomic E-state index is -0.259. The molecule has 0 heterocycles. The molecule has 6 heavy (non-hydrogen) atoms. The summed E-state index contributed by atoms with van der Waals surface area (Å²) < 4.78 is 0. The lowest BCUT2D eigenvalue weighted by Gasteiger charge is -1.96. The fourth-order valence-corrected chi connectivity index (χ4v) is 0.0913. The van der Waals surface area contributed by atoms with Gasteiger partial charge in [-0.25, -0.2) is 0 Å². The Balaban J connectivity index is 2.75. The van der Waals surface area contributed by atoms with Crippen molar-refractivity contribution in [2.24, 2.45) is 5.73 Å². The highest BCUT2D eigenvalue weighted by Gasteiger charge is 1.92. The van der Waals surface area contributed by atoms with Gasteiger partial charge in [0.25, 0.3) is 0 Å². The first-order valence-corrected chi connectivity index (χ1v) is 1.96. The molecule has 0 spiro atoms. The standard InChI is InChI=1S/C4H9NO/c1-2-4(5)3-6/h4,6H,2,5H2,1H3. The van der Waals surface area contributed by atoms with Crippen LogP contribution in [0.5, 0.6) is 0 Å². The van der Waals surface area contributed by atoms with Crippen molar-refractivity contribution in [1.29, 1.82) is 0 Å². The van der Waals surface area contributed by atoms with E-state index in [1.807, 2.05) is 13.5 Å². The molecule has 0 aliphatic heterocycles. The van der Waals surface area contributed by atoms with E-state index in [-0.39, 0.29) is 6.04 Å². The summed E-state index contributed by atoms with van der Waals surface area (Å²) in [5, 5.41) is 7.96. The molecule has 2 nitrogen and oxygen atoms in total. The van der Waals surface area contributed by atoms with Gasteiger partial charge in [-0.15, -0.1) is 0 Å². The van der Waals surface area contributed by atoms with Crippen LogP contribution < -0.4 is 5.73 Å². The number of rotatable bonds is 2. The zero-order valence-corrected chi connectivity index (χ0v) is 3.81.